The van der Waals surface area contributed by atoms with Crippen molar-refractivity contribution in [2.45, 2.75) is 277 Å². The fourth-order valence-corrected chi connectivity index (χ4v) is 8.49. The van der Waals surface area contributed by atoms with E-state index in [1.165, 1.54) is 212 Å². The molecule has 0 rings (SSSR count). The van der Waals surface area contributed by atoms with Crippen molar-refractivity contribution in [2.75, 3.05) is 27.2 Å². The van der Waals surface area contributed by atoms with Gasteiger partial charge in [0.05, 0.1) is 0 Å². The standard InChI is InChI=1S/C60H110N2O/c1-6-9-12-15-18-21-24-27-30-33-35-38-41-44-47-50-54-59(55-51-48-45-42-39-36-34-31-28-25-22-19-16-13-10-7-2)62(58-53-57-61(4)5)60(63)56-52-49-46-43-40-37-32-29-26-23-20-17-14-11-8-3/h18-23,27-32,59H,6-17,24-26,33-58H2,1-5H3/b21-18-,22-19-,23-20-,30-27-,31-28-,32-29-. The van der Waals surface area contributed by atoms with Gasteiger partial charge in [0, 0.05) is 19.0 Å². The van der Waals surface area contributed by atoms with E-state index in [0.717, 1.165) is 51.6 Å². The molecule has 0 aromatic heterocycles. The molecule has 0 atom stereocenters. The smallest absolute Gasteiger partial charge is 0.222 e. The summed E-state index contributed by atoms with van der Waals surface area (Å²) in [6.45, 7) is 8.79. The van der Waals surface area contributed by atoms with Gasteiger partial charge in [-0.15, -0.1) is 0 Å². The van der Waals surface area contributed by atoms with Gasteiger partial charge in [-0.05, 0) is 143 Å². The molecule has 0 bridgehead atoms. The molecule has 0 N–H and O–H groups in total. The number of unbranched alkanes of at least 4 members (excludes halogenated alkanes) is 26. The van der Waals surface area contributed by atoms with Crippen LogP contribution in [0, 0.1) is 0 Å². The van der Waals surface area contributed by atoms with Crippen molar-refractivity contribution in [2.24, 2.45) is 0 Å². The summed E-state index contributed by atoms with van der Waals surface area (Å²) in [6.07, 6.45) is 76.9. The lowest BCUT2D eigenvalue weighted by atomic mass is 9.97. The number of amides is 1. The molecule has 0 aromatic carbocycles. The van der Waals surface area contributed by atoms with E-state index in [-0.39, 0.29) is 0 Å². The largest absolute Gasteiger partial charge is 0.340 e. The zero-order chi connectivity index (χ0) is 45.8. The van der Waals surface area contributed by atoms with Crippen LogP contribution in [0.4, 0.5) is 0 Å². The molecule has 63 heavy (non-hydrogen) atoms. The van der Waals surface area contributed by atoms with Crippen LogP contribution in [0.1, 0.15) is 271 Å². The number of hydrogen-bond acceptors (Lipinski definition) is 2. The molecule has 0 saturated heterocycles. The van der Waals surface area contributed by atoms with Crippen LogP contribution in [0.3, 0.4) is 0 Å². The minimum atomic E-state index is 0.411. The van der Waals surface area contributed by atoms with E-state index in [1.807, 2.05) is 0 Å². The monoisotopic (exact) mass is 875 g/mol. The molecule has 0 heterocycles. The molecule has 0 fully saturated rings. The van der Waals surface area contributed by atoms with E-state index < -0.39 is 0 Å². The van der Waals surface area contributed by atoms with Gasteiger partial charge in [0.1, 0.15) is 0 Å². The Morgan fingerprint density at radius 1 is 0.349 bits per heavy atom. The summed E-state index contributed by atoms with van der Waals surface area (Å²) in [5, 5.41) is 0. The Bertz CT molecular complexity index is 1050. The van der Waals surface area contributed by atoms with Crippen LogP contribution in [0.2, 0.25) is 0 Å². The van der Waals surface area contributed by atoms with Crippen LogP contribution >= 0.6 is 0 Å². The van der Waals surface area contributed by atoms with Gasteiger partial charge in [-0.3, -0.25) is 4.79 Å². The Morgan fingerprint density at radius 3 is 0.984 bits per heavy atom. The van der Waals surface area contributed by atoms with E-state index >= 15 is 0 Å². The van der Waals surface area contributed by atoms with Gasteiger partial charge in [0.25, 0.3) is 0 Å². The Balaban J connectivity index is 4.87. The van der Waals surface area contributed by atoms with Gasteiger partial charge in [-0.25, -0.2) is 0 Å². The normalized spacial score (nSPS) is 12.6. The highest BCUT2D eigenvalue weighted by Crippen LogP contribution is 2.22. The third kappa shape index (κ3) is 47.6. The molecule has 1 amide bonds. The third-order valence-corrected chi connectivity index (χ3v) is 12.6. The van der Waals surface area contributed by atoms with Gasteiger partial charge in [-0.2, -0.15) is 0 Å². The molecule has 0 radical (unpaired) electrons. The van der Waals surface area contributed by atoms with Crippen molar-refractivity contribution in [3.05, 3.63) is 72.9 Å². The summed E-state index contributed by atoms with van der Waals surface area (Å²) < 4.78 is 0. The van der Waals surface area contributed by atoms with Crippen LogP contribution < -0.4 is 0 Å². The quantitative estimate of drug-likeness (QED) is 0.0449. The average molecular weight is 876 g/mol. The van der Waals surface area contributed by atoms with E-state index in [0.29, 0.717) is 11.9 Å². The zero-order valence-electron chi connectivity index (χ0n) is 43.3. The first kappa shape index (κ1) is 60.9. The minimum absolute atomic E-state index is 0.411. The second kappa shape index (κ2) is 52.5. The van der Waals surface area contributed by atoms with Crippen LogP contribution in [-0.2, 0) is 4.79 Å². The second-order valence-electron chi connectivity index (χ2n) is 19.1. The van der Waals surface area contributed by atoms with Gasteiger partial charge in [-0.1, -0.05) is 216 Å². The average Bonchev–Trinajstić information content (AvgIpc) is 3.28. The van der Waals surface area contributed by atoms with Crippen molar-refractivity contribution in [1.82, 2.24) is 9.80 Å². The molecule has 0 aliphatic carbocycles. The molecule has 0 spiro atoms. The number of hydrogen-bond donors (Lipinski definition) is 0. The first-order chi connectivity index (χ1) is 31.1. The van der Waals surface area contributed by atoms with E-state index in [9.17, 15) is 4.79 Å². The topological polar surface area (TPSA) is 23.6 Å². The van der Waals surface area contributed by atoms with Crippen molar-refractivity contribution >= 4 is 5.91 Å². The van der Waals surface area contributed by atoms with Crippen molar-refractivity contribution in [3.63, 3.8) is 0 Å². The number of carbonyl (C=O) groups is 1. The highest BCUT2D eigenvalue weighted by Gasteiger charge is 2.22. The highest BCUT2D eigenvalue weighted by atomic mass is 16.2. The third-order valence-electron chi connectivity index (χ3n) is 12.6. The van der Waals surface area contributed by atoms with Gasteiger partial charge < -0.3 is 9.80 Å². The van der Waals surface area contributed by atoms with E-state index in [1.54, 1.807) is 0 Å². The van der Waals surface area contributed by atoms with Gasteiger partial charge in [0.2, 0.25) is 5.91 Å². The second-order valence-corrected chi connectivity index (χ2v) is 19.1. The van der Waals surface area contributed by atoms with E-state index in [4.69, 9.17) is 0 Å². The SMILES string of the molecule is CCCCC/C=C\C/C=C\CCCCCCCCC(CCCCCCCC/C=C\C/C=C\CCCCC)N(CCCN(C)C)C(=O)CCCCCCC/C=C\C/C=C\CCCCC. The molecule has 3 heteroatoms. The first-order valence-corrected chi connectivity index (χ1v) is 27.9. The summed E-state index contributed by atoms with van der Waals surface area (Å²) in [7, 11) is 4.33. The lowest BCUT2D eigenvalue weighted by Crippen LogP contribution is -2.41. The first-order valence-electron chi connectivity index (χ1n) is 27.9. The predicted molar refractivity (Wildman–Crippen MR) is 286 cm³/mol. The number of carbonyl (C=O) groups excluding carboxylic acids is 1. The van der Waals surface area contributed by atoms with Gasteiger partial charge in [0.15, 0.2) is 0 Å². The molecule has 0 aliphatic rings. The zero-order valence-corrected chi connectivity index (χ0v) is 43.3. The lowest BCUT2D eigenvalue weighted by molar-refractivity contribution is -0.134. The Kier molecular flexibility index (Phi) is 50.7. The summed E-state index contributed by atoms with van der Waals surface area (Å²) in [4.78, 5) is 18.7. The maximum absolute atomic E-state index is 14.0. The predicted octanol–water partition coefficient (Wildman–Crippen LogP) is 19.4. The summed E-state index contributed by atoms with van der Waals surface area (Å²) in [6, 6.07) is 0.411. The van der Waals surface area contributed by atoms with Crippen LogP contribution in [0.15, 0.2) is 72.9 Å². The number of nitrogens with zero attached hydrogens (tertiary/aromatic N) is 2. The fourth-order valence-electron chi connectivity index (χ4n) is 8.49. The van der Waals surface area contributed by atoms with E-state index in [2.05, 4.69) is 118 Å². The number of allylic oxidation sites excluding steroid dienone is 12. The number of rotatable bonds is 49. The van der Waals surface area contributed by atoms with Crippen molar-refractivity contribution in [3.8, 4) is 0 Å². The molecule has 0 aromatic rings. The summed E-state index contributed by atoms with van der Waals surface area (Å²) in [5.74, 6) is 0.435. The maximum atomic E-state index is 14.0. The molecular weight excluding hydrogens is 765 g/mol. The Morgan fingerprint density at radius 2 is 0.651 bits per heavy atom. The maximum Gasteiger partial charge on any atom is 0.222 e. The lowest BCUT2D eigenvalue weighted by Gasteiger charge is -2.33. The molecule has 0 aliphatic heterocycles. The summed E-state index contributed by atoms with van der Waals surface area (Å²) >= 11 is 0. The molecule has 366 valence electrons. The minimum Gasteiger partial charge on any atom is -0.340 e. The molecule has 0 saturated carbocycles. The molecule has 0 unspecified atom stereocenters. The van der Waals surface area contributed by atoms with Crippen LogP contribution in [0.5, 0.6) is 0 Å². The Labute approximate surface area is 396 Å². The Hall–Kier alpha value is -2.13. The molecule has 3 nitrogen and oxygen atoms in total. The fraction of sp³-hybridized carbons (Fsp3) is 0.783. The van der Waals surface area contributed by atoms with Crippen LogP contribution in [-0.4, -0.2) is 48.9 Å². The van der Waals surface area contributed by atoms with Gasteiger partial charge >= 0.3 is 0 Å². The van der Waals surface area contributed by atoms with Crippen molar-refractivity contribution in [1.29, 1.82) is 0 Å². The summed E-state index contributed by atoms with van der Waals surface area (Å²) in [5.41, 5.74) is 0. The molecular formula is C60H110N2O. The van der Waals surface area contributed by atoms with Crippen LogP contribution in [0.25, 0.3) is 0 Å². The van der Waals surface area contributed by atoms with Crippen molar-refractivity contribution < 1.29 is 4.79 Å². The highest BCUT2D eigenvalue weighted by molar-refractivity contribution is 5.76.